The molecule has 1 aromatic carbocycles. The molecule has 0 saturated heterocycles. The zero-order valence-electron chi connectivity index (χ0n) is 9.76. The SMILES string of the molecule is COCCN(CCCl)Cc1ccc(Cl)c(Cl)c1. The Morgan fingerprint density at radius 1 is 1.18 bits per heavy atom. The molecule has 0 fully saturated rings. The van der Waals surface area contributed by atoms with Crippen molar-refractivity contribution in [3.05, 3.63) is 33.8 Å². The molecule has 1 rings (SSSR count). The van der Waals surface area contributed by atoms with Gasteiger partial charge in [-0.1, -0.05) is 29.3 Å². The Labute approximate surface area is 117 Å². The quantitative estimate of drug-likeness (QED) is 0.712. The molecule has 5 heteroatoms. The van der Waals surface area contributed by atoms with Crippen LogP contribution in [0.1, 0.15) is 5.56 Å². The second kappa shape index (κ2) is 8.17. The minimum atomic E-state index is 0.580. The van der Waals surface area contributed by atoms with Crippen molar-refractivity contribution in [3.8, 4) is 0 Å². The van der Waals surface area contributed by atoms with Crippen LogP contribution < -0.4 is 0 Å². The smallest absolute Gasteiger partial charge is 0.0595 e. The molecular formula is C12H16Cl3NO. The topological polar surface area (TPSA) is 12.5 Å². The highest BCUT2D eigenvalue weighted by Gasteiger charge is 2.06. The molecule has 96 valence electrons. The zero-order valence-corrected chi connectivity index (χ0v) is 12.0. The van der Waals surface area contributed by atoms with Crippen LogP contribution in [0, 0.1) is 0 Å². The second-order valence-electron chi connectivity index (χ2n) is 3.71. The molecule has 1 aromatic rings. The molecule has 17 heavy (non-hydrogen) atoms. The minimum absolute atomic E-state index is 0.580. The highest BCUT2D eigenvalue weighted by molar-refractivity contribution is 6.42. The molecule has 0 aliphatic heterocycles. The van der Waals surface area contributed by atoms with Crippen LogP contribution in [-0.2, 0) is 11.3 Å². The van der Waals surface area contributed by atoms with Gasteiger partial charge in [0.15, 0.2) is 0 Å². The molecule has 0 aliphatic carbocycles. The lowest BCUT2D eigenvalue weighted by molar-refractivity contribution is 0.148. The third kappa shape index (κ3) is 5.45. The first-order valence-corrected chi connectivity index (χ1v) is 6.67. The molecule has 0 spiro atoms. The summed E-state index contributed by atoms with van der Waals surface area (Å²) >= 11 is 17.6. The van der Waals surface area contributed by atoms with Gasteiger partial charge in [0.2, 0.25) is 0 Å². The number of halogens is 3. The van der Waals surface area contributed by atoms with Gasteiger partial charge in [0, 0.05) is 32.6 Å². The first kappa shape index (κ1) is 15.1. The summed E-state index contributed by atoms with van der Waals surface area (Å²) in [7, 11) is 1.69. The summed E-state index contributed by atoms with van der Waals surface area (Å²) in [5, 5.41) is 1.16. The van der Waals surface area contributed by atoms with Gasteiger partial charge in [-0.3, -0.25) is 4.90 Å². The number of benzene rings is 1. The number of hydrogen-bond donors (Lipinski definition) is 0. The van der Waals surface area contributed by atoms with E-state index in [0.717, 1.165) is 25.2 Å². The van der Waals surface area contributed by atoms with E-state index in [9.17, 15) is 0 Å². The van der Waals surface area contributed by atoms with E-state index in [2.05, 4.69) is 4.90 Å². The fourth-order valence-corrected chi connectivity index (χ4v) is 2.07. The van der Waals surface area contributed by atoms with Crippen LogP contribution in [0.25, 0.3) is 0 Å². The molecule has 0 heterocycles. The van der Waals surface area contributed by atoms with Gasteiger partial charge in [0.1, 0.15) is 0 Å². The van der Waals surface area contributed by atoms with Gasteiger partial charge in [-0.2, -0.15) is 0 Å². The van der Waals surface area contributed by atoms with Crippen molar-refractivity contribution >= 4 is 34.8 Å². The first-order chi connectivity index (χ1) is 8.17. The Bertz CT molecular complexity index is 347. The second-order valence-corrected chi connectivity index (χ2v) is 4.90. The van der Waals surface area contributed by atoms with Crippen LogP contribution in [-0.4, -0.2) is 37.6 Å². The van der Waals surface area contributed by atoms with Crippen molar-refractivity contribution in [2.24, 2.45) is 0 Å². The molecule has 0 aromatic heterocycles. The maximum atomic E-state index is 5.98. The Morgan fingerprint density at radius 3 is 2.53 bits per heavy atom. The van der Waals surface area contributed by atoms with Gasteiger partial charge >= 0.3 is 0 Å². The van der Waals surface area contributed by atoms with Crippen molar-refractivity contribution in [3.63, 3.8) is 0 Å². The molecular weight excluding hydrogens is 280 g/mol. The summed E-state index contributed by atoms with van der Waals surface area (Å²) in [5.41, 5.74) is 1.13. The molecule has 0 bridgehead atoms. The van der Waals surface area contributed by atoms with Crippen molar-refractivity contribution in [2.75, 3.05) is 32.7 Å². The lowest BCUT2D eigenvalue weighted by Crippen LogP contribution is -2.28. The van der Waals surface area contributed by atoms with Gasteiger partial charge in [0.25, 0.3) is 0 Å². The average Bonchev–Trinajstić information content (AvgIpc) is 2.31. The summed E-state index contributed by atoms with van der Waals surface area (Å²) in [6.07, 6.45) is 0. The number of alkyl halides is 1. The summed E-state index contributed by atoms with van der Waals surface area (Å²) in [6, 6.07) is 5.68. The monoisotopic (exact) mass is 295 g/mol. The summed E-state index contributed by atoms with van der Waals surface area (Å²) < 4.78 is 5.07. The molecule has 0 radical (unpaired) electrons. The Morgan fingerprint density at radius 2 is 1.94 bits per heavy atom. The van der Waals surface area contributed by atoms with Crippen molar-refractivity contribution in [1.82, 2.24) is 4.90 Å². The number of nitrogens with zero attached hydrogens (tertiary/aromatic N) is 1. The van der Waals surface area contributed by atoms with E-state index in [1.54, 1.807) is 7.11 Å². The lowest BCUT2D eigenvalue weighted by atomic mass is 10.2. The van der Waals surface area contributed by atoms with E-state index in [1.807, 2.05) is 18.2 Å². The third-order valence-electron chi connectivity index (χ3n) is 2.40. The van der Waals surface area contributed by atoms with Gasteiger partial charge in [0.05, 0.1) is 16.7 Å². The van der Waals surface area contributed by atoms with E-state index >= 15 is 0 Å². The maximum Gasteiger partial charge on any atom is 0.0595 e. The fraction of sp³-hybridized carbons (Fsp3) is 0.500. The molecule has 0 unspecified atom stereocenters. The van der Waals surface area contributed by atoms with Crippen LogP contribution in [0.3, 0.4) is 0 Å². The van der Waals surface area contributed by atoms with E-state index in [-0.39, 0.29) is 0 Å². The molecule has 0 aliphatic rings. The Balaban J connectivity index is 2.61. The van der Waals surface area contributed by atoms with Crippen LogP contribution in [0.5, 0.6) is 0 Å². The Kier molecular flexibility index (Phi) is 7.24. The standard InChI is InChI=1S/C12H16Cl3NO/c1-17-7-6-16(5-4-13)9-10-2-3-11(14)12(15)8-10/h2-3,8H,4-7,9H2,1H3. The fourth-order valence-electron chi connectivity index (χ4n) is 1.51. The summed E-state index contributed by atoms with van der Waals surface area (Å²) in [4.78, 5) is 2.22. The summed E-state index contributed by atoms with van der Waals surface area (Å²) in [6.45, 7) is 3.17. The zero-order chi connectivity index (χ0) is 12.7. The van der Waals surface area contributed by atoms with Crippen molar-refractivity contribution < 1.29 is 4.74 Å². The van der Waals surface area contributed by atoms with E-state index in [1.165, 1.54) is 0 Å². The highest BCUT2D eigenvalue weighted by atomic mass is 35.5. The van der Waals surface area contributed by atoms with E-state index in [4.69, 9.17) is 39.5 Å². The van der Waals surface area contributed by atoms with Crippen molar-refractivity contribution in [1.29, 1.82) is 0 Å². The number of hydrogen-bond acceptors (Lipinski definition) is 2. The minimum Gasteiger partial charge on any atom is -0.383 e. The lowest BCUT2D eigenvalue weighted by Gasteiger charge is -2.21. The van der Waals surface area contributed by atoms with Crippen LogP contribution in [0.4, 0.5) is 0 Å². The number of methoxy groups -OCH3 is 1. The predicted molar refractivity (Wildman–Crippen MR) is 74.3 cm³/mol. The largest absolute Gasteiger partial charge is 0.383 e. The van der Waals surface area contributed by atoms with Crippen LogP contribution in [0.2, 0.25) is 10.0 Å². The van der Waals surface area contributed by atoms with E-state index in [0.29, 0.717) is 22.5 Å². The number of rotatable bonds is 7. The molecule has 2 nitrogen and oxygen atoms in total. The predicted octanol–water partition coefficient (Wildman–Crippen LogP) is 3.68. The normalized spacial score (nSPS) is 11.1. The number of ether oxygens (including phenoxy) is 1. The van der Waals surface area contributed by atoms with Crippen molar-refractivity contribution in [2.45, 2.75) is 6.54 Å². The Hall–Kier alpha value is 0.01000. The summed E-state index contributed by atoms with van der Waals surface area (Å²) in [5.74, 6) is 0.602. The molecule has 0 saturated carbocycles. The van der Waals surface area contributed by atoms with Gasteiger partial charge in [-0.15, -0.1) is 11.6 Å². The first-order valence-electron chi connectivity index (χ1n) is 5.38. The average molecular weight is 297 g/mol. The molecule has 0 amide bonds. The third-order valence-corrected chi connectivity index (χ3v) is 3.31. The van der Waals surface area contributed by atoms with E-state index < -0.39 is 0 Å². The van der Waals surface area contributed by atoms with Crippen LogP contribution in [0.15, 0.2) is 18.2 Å². The molecule has 0 N–H and O–H groups in total. The van der Waals surface area contributed by atoms with Gasteiger partial charge in [-0.05, 0) is 17.7 Å². The van der Waals surface area contributed by atoms with Crippen LogP contribution >= 0.6 is 34.8 Å². The van der Waals surface area contributed by atoms with Gasteiger partial charge < -0.3 is 4.74 Å². The van der Waals surface area contributed by atoms with Gasteiger partial charge in [-0.25, -0.2) is 0 Å². The highest BCUT2D eigenvalue weighted by Crippen LogP contribution is 2.23. The maximum absolute atomic E-state index is 5.98. The molecule has 0 atom stereocenters.